The Balaban J connectivity index is 1.21. The molecule has 33 heavy (non-hydrogen) atoms. The number of benzene rings is 2. The zero-order valence-electron chi connectivity index (χ0n) is 19.8. The average molecular weight is 434 g/mol. The van der Waals surface area contributed by atoms with E-state index in [-0.39, 0.29) is 0 Å². The summed E-state index contributed by atoms with van der Waals surface area (Å²) in [7, 11) is 0. The second-order valence-corrected chi connectivity index (χ2v) is 9.63. The van der Waals surface area contributed by atoms with Crippen molar-refractivity contribution in [1.82, 2.24) is 5.32 Å². The van der Waals surface area contributed by atoms with E-state index in [0.29, 0.717) is 5.92 Å². The summed E-state index contributed by atoms with van der Waals surface area (Å²) in [6.45, 7) is 2.13. The number of allylic oxidation sites excluding steroid dienone is 11. The smallest absolute Gasteiger partial charge is 0.0338 e. The van der Waals surface area contributed by atoms with Crippen molar-refractivity contribution in [3.8, 4) is 0 Å². The fourth-order valence-electron chi connectivity index (χ4n) is 5.50. The molecular formula is C32H35N. The second kappa shape index (κ2) is 10.3. The maximum Gasteiger partial charge on any atom is 0.0338 e. The maximum atomic E-state index is 3.69. The molecule has 0 fully saturated rings. The fourth-order valence-corrected chi connectivity index (χ4v) is 5.50. The molecule has 5 rings (SSSR count). The van der Waals surface area contributed by atoms with Crippen LogP contribution in [0.25, 0.3) is 16.3 Å². The molecule has 3 aliphatic rings. The van der Waals surface area contributed by atoms with E-state index in [2.05, 4.69) is 103 Å². The minimum Gasteiger partial charge on any atom is -0.359 e. The van der Waals surface area contributed by atoms with Crippen molar-refractivity contribution in [3.63, 3.8) is 0 Å². The van der Waals surface area contributed by atoms with Gasteiger partial charge in [0.15, 0.2) is 0 Å². The molecule has 0 saturated heterocycles. The molecule has 0 aromatic heterocycles. The third kappa shape index (κ3) is 5.14. The van der Waals surface area contributed by atoms with Crippen LogP contribution in [0.15, 0.2) is 108 Å². The number of hydrogen-bond acceptors (Lipinski definition) is 1. The number of fused-ring (bicyclic) bond motifs is 1. The van der Waals surface area contributed by atoms with Gasteiger partial charge in [-0.25, -0.2) is 0 Å². The molecule has 2 aromatic rings. The molecule has 0 bridgehead atoms. The van der Waals surface area contributed by atoms with Gasteiger partial charge in [-0.1, -0.05) is 84.5 Å². The lowest BCUT2D eigenvalue weighted by Crippen LogP contribution is -2.17. The third-order valence-electron chi connectivity index (χ3n) is 7.38. The van der Waals surface area contributed by atoms with Crippen molar-refractivity contribution in [2.24, 2.45) is 11.8 Å². The predicted molar refractivity (Wildman–Crippen MR) is 143 cm³/mol. The topological polar surface area (TPSA) is 12.0 Å². The lowest BCUT2D eigenvalue weighted by atomic mass is 9.79. The Hall–Kier alpha value is -3.06. The normalized spacial score (nSPS) is 23.2. The molecule has 2 aromatic carbocycles. The first-order valence-corrected chi connectivity index (χ1v) is 12.6. The van der Waals surface area contributed by atoms with Crippen LogP contribution in [0, 0.1) is 11.8 Å². The Labute approximate surface area is 199 Å². The van der Waals surface area contributed by atoms with Gasteiger partial charge in [-0.05, 0) is 91.8 Å². The third-order valence-corrected chi connectivity index (χ3v) is 7.38. The van der Waals surface area contributed by atoms with Crippen molar-refractivity contribution in [3.05, 3.63) is 114 Å². The number of hydrogen-bond donors (Lipinski definition) is 1. The summed E-state index contributed by atoms with van der Waals surface area (Å²) in [5.41, 5.74) is 7.03. The fraction of sp³-hybridized carbons (Fsp3) is 0.312. The van der Waals surface area contributed by atoms with Crippen LogP contribution >= 0.6 is 0 Å². The summed E-state index contributed by atoms with van der Waals surface area (Å²) in [5.74, 6) is 1.41. The summed E-state index contributed by atoms with van der Waals surface area (Å²) in [4.78, 5) is 0. The van der Waals surface area contributed by atoms with E-state index in [4.69, 9.17) is 0 Å². The van der Waals surface area contributed by atoms with Gasteiger partial charge < -0.3 is 5.32 Å². The highest BCUT2D eigenvalue weighted by atomic mass is 14.9. The monoisotopic (exact) mass is 433 g/mol. The first kappa shape index (κ1) is 21.8. The van der Waals surface area contributed by atoms with Gasteiger partial charge in [0.2, 0.25) is 0 Å². The largest absolute Gasteiger partial charge is 0.359 e. The quantitative estimate of drug-likeness (QED) is 0.449. The van der Waals surface area contributed by atoms with Gasteiger partial charge >= 0.3 is 0 Å². The molecule has 0 aliphatic heterocycles. The van der Waals surface area contributed by atoms with Gasteiger partial charge in [0.05, 0.1) is 0 Å². The van der Waals surface area contributed by atoms with Crippen LogP contribution in [0.2, 0.25) is 0 Å². The minimum atomic E-state index is 0.585. The zero-order valence-corrected chi connectivity index (χ0v) is 19.8. The summed E-state index contributed by atoms with van der Waals surface area (Å²) < 4.78 is 0. The lowest BCUT2D eigenvalue weighted by molar-refractivity contribution is 0.449. The van der Waals surface area contributed by atoms with E-state index in [9.17, 15) is 0 Å². The Bertz CT molecular complexity index is 1180. The molecule has 0 heterocycles. The molecule has 2 atom stereocenters. The molecule has 1 heteroatoms. The Kier molecular flexibility index (Phi) is 6.76. The Morgan fingerprint density at radius 1 is 1.00 bits per heavy atom. The summed E-state index contributed by atoms with van der Waals surface area (Å²) in [6.07, 6.45) is 27.1. The van der Waals surface area contributed by atoms with E-state index in [1.165, 1.54) is 59.0 Å². The highest BCUT2D eigenvalue weighted by molar-refractivity contribution is 5.94. The van der Waals surface area contributed by atoms with Crippen molar-refractivity contribution in [1.29, 1.82) is 0 Å². The van der Waals surface area contributed by atoms with Gasteiger partial charge in [-0.2, -0.15) is 0 Å². The molecule has 0 spiro atoms. The zero-order chi connectivity index (χ0) is 22.5. The first-order chi connectivity index (χ1) is 16.3. The van der Waals surface area contributed by atoms with Gasteiger partial charge in [-0.3, -0.25) is 0 Å². The summed E-state index contributed by atoms with van der Waals surface area (Å²) >= 11 is 0. The van der Waals surface area contributed by atoms with E-state index in [0.717, 1.165) is 25.2 Å². The van der Waals surface area contributed by atoms with Crippen LogP contribution in [-0.2, 0) is 0 Å². The van der Waals surface area contributed by atoms with Crippen molar-refractivity contribution in [2.45, 2.75) is 51.9 Å². The highest BCUT2D eigenvalue weighted by Crippen LogP contribution is 2.35. The van der Waals surface area contributed by atoms with Gasteiger partial charge in [0, 0.05) is 17.3 Å². The molecule has 0 saturated carbocycles. The van der Waals surface area contributed by atoms with Crippen LogP contribution < -0.4 is 5.32 Å². The molecule has 1 N–H and O–H groups in total. The Morgan fingerprint density at radius 2 is 1.91 bits per heavy atom. The van der Waals surface area contributed by atoms with Gasteiger partial charge in [0.25, 0.3) is 0 Å². The van der Waals surface area contributed by atoms with Gasteiger partial charge in [0.1, 0.15) is 0 Å². The predicted octanol–water partition coefficient (Wildman–Crippen LogP) is 8.64. The van der Waals surface area contributed by atoms with E-state index < -0.39 is 0 Å². The summed E-state index contributed by atoms with van der Waals surface area (Å²) in [6, 6.07) is 15.3. The molecule has 1 nitrogen and oxygen atoms in total. The second-order valence-electron chi connectivity index (χ2n) is 9.63. The standard InChI is InChI=1S/C32H35N/c1-2-3-8-24-9-6-12-28(23-24)25-15-19-29(20-16-25)33-30-21-17-27(18-22-30)32-14-7-11-26-10-4-5-13-31(26)32/h2-5,7,10-15,17,19-21,24-25,33H,6,8-9,16,18,22-23H2,1H3/b3-2-. The van der Waals surface area contributed by atoms with Crippen LogP contribution in [0.1, 0.15) is 57.4 Å². The Morgan fingerprint density at radius 3 is 2.73 bits per heavy atom. The minimum absolute atomic E-state index is 0.585. The van der Waals surface area contributed by atoms with Crippen LogP contribution in [-0.4, -0.2) is 0 Å². The SMILES string of the molecule is C/C=C\CC1CCC=C(C2C=CC(NC3=CC=C(c4cccc5ccccc45)CC3)=CC2)C1. The number of nitrogens with one attached hydrogen (secondary N) is 1. The van der Waals surface area contributed by atoms with Crippen LogP contribution in [0.5, 0.6) is 0 Å². The molecule has 0 radical (unpaired) electrons. The average Bonchev–Trinajstić information content (AvgIpc) is 2.88. The first-order valence-electron chi connectivity index (χ1n) is 12.6. The highest BCUT2D eigenvalue weighted by Gasteiger charge is 2.21. The van der Waals surface area contributed by atoms with Crippen LogP contribution in [0.3, 0.4) is 0 Å². The summed E-state index contributed by atoms with van der Waals surface area (Å²) in [5, 5.41) is 6.36. The molecule has 3 aliphatic carbocycles. The van der Waals surface area contributed by atoms with Gasteiger partial charge in [-0.15, -0.1) is 0 Å². The molecular weight excluding hydrogens is 398 g/mol. The molecule has 168 valence electrons. The van der Waals surface area contributed by atoms with Crippen molar-refractivity contribution in [2.75, 3.05) is 0 Å². The lowest BCUT2D eigenvalue weighted by Gasteiger charge is -2.27. The van der Waals surface area contributed by atoms with E-state index in [1.54, 1.807) is 5.57 Å². The van der Waals surface area contributed by atoms with Crippen molar-refractivity contribution < 1.29 is 0 Å². The van der Waals surface area contributed by atoms with E-state index >= 15 is 0 Å². The van der Waals surface area contributed by atoms with Crippen LogP contribution in [0.4, 0.5) is 0 Å². The number of rotatable bonds is 6. The maximum absolute atomic E-state index is 3.69. The van der Waals surface area contributed by atoms with E-state index in [1.807, 2.05) is 0 Å². The molecule has 0 amide bonds. The molecule has 2 unspecified atom stereocenters. The van der Waals surface area contributed by atoms with Crippen molar-refractivity contribution >= 4 is 16.3 Å².